The van der Waals surface area contributed by atoms with Crippen LogP contribution in [0.1, 0.15) is 0 Å². The maximum Gasteiger partial charge on any atom is 0.187 e. The molecule has 0 aromatic carbocycles. The van der Waals surface area contributed by atoms with E-state index < -0.39 is 16.6 Å². The van der Waals surface area contributed by atoms with Crippen LogP contribution in [0.2, 0.25) is 26.2 Å². The van der Waals surface area contributed by atoms with Gasteiger partial charge in [-0.05, 0) is 54.4 Å². The van der Waals surface area contributed by atoms with Gasteiger partial charge in [0.1, 0.15) is 0 Å². The summed E-state index contributed by atoms with van der Waals surface area (Å²) in [5.74, 6) is 0. The van der Waals surface area contributed by atoms with Crippen molar-refractivity contribution in [2.45, 2.75) is 26.2 Å². The predicted molar refractivity (Wildman–Crippen MR) is 73.2 cm³/mol. The lowest BCUT2D eigenvalue weighted by Crippen LogP contribution is -2.54. The van der Waals surface area contributed by atoms with Gasteiger partial charge in [0.15, 0.2) is 16.6 Å². The third-order valence-electron chi connectivity index (χ3n) is 1.95. The fourth-order valence-corrected chi connectivity index (χ4v) is 11.9. The number of rotatable bonds is 6. The van der Waals surface area contributed by atoms with Gasteiger partial charge in [-0.2, -0.15) is 0 Å². The average molecular weight is 249 g/mol. The fraction of sp³-hybridized carbons (Fsp3) is 1.00. The highest BCUT2D eigenvalue weighted by Gasteiger charge is 2.33. The maximum atomic E-state index is 6.44. The van der Waals surface area contributed by atoms with Crippen molar-refractivity contribution in [3.8, 4) is 0 Å². The minimum atomic E-state index is -1.51. The number of nitrogens with zero attached hydrogens (tertiary/aromatic N) is 2. The monoisotopic (exact) mass is 248 g/mol. The van der Waals surface area contributed by atoms with Gasteiger partial charge in [0.05, 0.1) is 0 Å². The predicted octanol–water partition coefficient (Wildman–Crippen LogP) is 1.61. The van der Waals surface area contributed by atoms with E-state index in [9.17, 15) is 0 Å². The smallest absolute Gasteiger partial charge is 0.187 e. The summed E-state index contributed by atoms with van der Waals surface area (Å²) < 4.78 is 6.44. The van der Waals surface area contributed by atoms with E-state index in [-0.39, 0.29) is 0 Å². The molecule has 0 saturated carbocycles. The maximum absolute atomic E-state index is 6.44. The summed E-state index contributed by atoms with van der Waals surface area (Å²) in [5.41, 5.74) is 0. The van der Waals surface area contributed by atoms with Crippen LogP contribution in [0.25, 0.3) is 0 Å². The molecule has 0 atom stereocenters. The van der Waals surface area contributed by atoms with E-state index in [2.05, 4.69) is 64.2 Å². The second-order valence-electron chi connectivity index (χ2n) is 6.10. The molecule has 0 spiro atoms. The van der Waals surface area contributed by atoms with Gasteiger partial charge in [-0.3, -0.25) is 0 Å². The lowest BCUT2D eigenvalue weighted by Gasteiger charge is -2.36. The molecule has 0 saturated heterocycles. The zero-order chi connectivity index (χ0) is 12.3. The minimum Gasteiger partial charge on any atom is -0.454 e. The summed E-state index contributed by atoms with van der Waals surface area (Å²) in [4.78, 5) is 4.48. The first-order chi connectivity index (χ1) is 6.54. The molecule has 0 bridgehead atoms. The Labute approximate surface area is 97.7 Å². The number of hydrogen-bond acceptors (Lipinski definition) is 3. The second-order valence-corrected chi connectivity index (χ2v) is 14.6. The Bertz CT molecular complexity index is 174. The van der Waals surface area contributed by atoms with E-state index in [0.717, 1.165) is 12.3 Å². The molecule has 0 N–H and O–H groups in total. The van der Waals surface area contributed by atoms with Crippen molar-refractivity contribution in [1.29, 1.82) is 0 Å². The average Bonchev–Trinajstić information content (AvgIpc) is 1.73. The summed E-state index contributed by atoms with van der Waals surface area (Å²) in [6, 6.07) is 0. The molecule has 0 rings (SSSR count). The van der Waals surface area contributed by atoms with Crippen LogP contribution >= 0.6 is 0 Å². The highest BCUT2D eigenvalue weighted by atomic mass is 28.4. The molecule has 0 amide bonds. The van der Waals surface area contributed by atoms with Gasteiger partial charge < -0.3 is 13.9 Å². The van der Waals surface area contributed by atoms with Crippen molar-refractivity contribution in [3.63, 3.8) is 0 Å². The van der Waals surface area contributed by atoms with Gasteiger partial charge >= 0.3 is 0 Å². The summed E-state index contributed by atoms with van der Waals surface area (Å²) >= 11 is 0. The molecule has 3 nitrogen and oxygen atoms in total. The summed E-state index contributed by atoms with van der Waals surface area (Å²) in [6.45, 7) is 9.27. The van der Waals surface area contributed by atoms with Crippen molar-refractivity contribution in [1.82, 2.24) is 9.80 Å². The molecule has 0 aromatic heterocycles. The van der Waals surface area contributed by atoms with Crippen molar-refractivity contribution in [2.75, 3.05) is 40.5 Å². The van der Waals surface area contributed by atoms with Crippen LogP contribution < -0.4 is 0 Å². The molecule has 0 fully saturated rings. The molecule has 5 heteroatoms. The van der Waals surface area contributed by atoms with Gasteiger partial charge in [-0.25, -0.2) is 0 Å². The summed E-state index contributed by atoms with van der Waals surface area (Å²) in [5, 5.41) is 0. The van der Waals surface area contributed by atoms with Gasteiger partial charge in [-0.15, -0.1) is 0 Å². The summed E-state index contributed by atoms with van der Waals surface area (Å²) in [6.07, 6.45) is 2.22. The van der Waals surface area contributed by atoms with Crippen LogP contribution in [-0.4, -0.2) is 67.0 Å². The molecule has 0 aliphatic carbocycles. The highest BCUT2D eigenvalue weighted by molar-refractivity contribution is 6.85. The Morgan fingerprint density at radius 1 is 0.733 bits per heavy atom. The van der Waals surface area contributed by atoms with Crippen molar-refractivity contribution >= 4 is 16.6 Å². The van der Waals surface area contributed by atoms with E-state index in [1.807, 2.05) is 0 Å². The molecule has 0 radical (unpaired) electrons. The first-order valence-electron chi connectivity index (χ1n) is 5.54. The normalized spacial score (nSPS) is 14.0. The fourth-order valence-electron chi connectivity index (χ4n) is 2.34. The van der Waals surface area contributed by atoms with Crippen LogP contribution in [0.5, 0.6) is 0 Å². The lowest BCUT2D eigenvalue weighted by atomic mass is 11.0. The zero-order valence-corrected chi connectivity index (χ0v) is 13.7. The van der Waals surface area contributed by atoms with Crippen LogP contribution in [0.4, 0.5) is 0 Å². The highest BCUT2D eigenvalue weighted by Crippen LogP contribution is 2.15. The van der Waals surface area contributed by atoms with Gasteiger partial charge in [0.25, 0.3) is 0 Å². The Kier molecular flexibility index (Phi) is 5.70. The van der Waals surface area contributed by atoms with E-state index in [4.69, 9.17) is 4.12 Å². The van der Waals surface area contributed by atoms with Crippen molar-refractivity contribution in [2.24, 2.45) is 0 Å². The van der Waals surface area contributed by atoms with E-state index in [1.165, 1.54) is 0 Å². The van der Waals surface area contributed by atoms with Gasteiger partial charge in [-0.1, -0.05) is 0 Å². The molecule has 0 unspecified atom stereocenters. The zero-order valence-electron chi connectivity index (χ0n) is 11.7. The third kappa shape index (κ3) is 8.16. The summed E-state index contributed by atoms with van der Waals surface area (Å²) in [7, 11) is 5.48. The molecule has 15 heavy (non-hydrogen) atoms. The molecule has 0 heterocycles. The van der Waals surface area contributed by atoms with E-state index >= 15 is 0 Å². The third-order valence-corrected chi connectivity index (χ3v) is 9.16. The van der Waals surface area contributed by atoms with Crippen LogP contribution in [-0.2, 0) is 4.12 Å². The van der Waals surface area contributed by atoms with Crippen molar-refractivity contribution < 1.29 is 4.12 Å². The second kappa shape index (κ2) is 5.59. The van der Waals surface area contributed by atoms with Crippen LogP contribution in [0, 0.1) is 0 Å². The molecule has 92 valence electrons. The molecule has 0 aromatic rings. The lowest BCUT2D eigenvalue weighted by molar-refractivity contribution is 0.404. The Morgan fingerprint density at radius 3 is 1.20 bits per heavy atom. The quantitative estimate of drug-likeness (QED) is 0.664. The minimum absolute atomic E-state index is 1.11. The number of hydrogen-bond donors (Lipinski definition) is 0. The topological polar surface area (TPSA) is 15.7 Å². The molecular weight excluding hydrogens is 220 g/mol. The Hall–Kier alpha value is 0.314. The van der Waals surface area contributed by atoms with Crippen LogP contribution in [0.15, 0.2) is 0 Å². The van der Waals surface area contributed by atoms with Crippen molar-refractivity contribution in [3.05, 3.63) is 0 Å². The van der Waals surface area contributed by atoms with E-state index in [1.54, 1.807) is 0 Å². The van der Waals surface area contributed by atoms with E-state index in [0.29, 0.717) is 0 Å². The van der Waals surface area contributed by atoms with Crippen LogP contribution in [0.3, 0.4) is 0 Å². The van der Waals surface area contributed by atoms with Gasteiger partial charge in [0.2, 0.25) is 0 Å². The first-order valence-corrected chi connectivity index (χ1v) is 11.8. The Balaban J connectivity index is 4.29. The molecule has 0 aliphatic heterocycles. The first kappa shape index (κ1) is 15.3. The SMILES string of the molecule is CN(C)C[Si](C)(C)O[Si](C)(C)CN(C)C. The largest absolute Gasteiger partial charge is 0.454 e. The molecular formula is C10H28N2OSi2. The molecule has 0 aliphatic rings. The standard InChI is InChI=1S/C10H28N2OSi2/c1-11(2)9-14(5,6)13-15(7,8)10-12(3)4/h9-10H2,1-8H3. The van der Waals surface area contributed by atoms with Gasteiger partial charge in [0, 0.05) is 12.3 Å². The Morgan fingerprint density at radius 2 is 1.00 bits per heavy atom.